The molecule has 0 fully saturated rings. The fourth-order valence-corrected chi connectivity index (χ4v) is 1.81. The van der Waals surface area contributed by atoms with E-state index in [0.717, 1.165) is 6.42 Å². The smallest absolute Gasteiger partial charge is 0.213 e. The molecule has 0 radical (unpaired) electrons. The topological polar surface area (TPSA) is 39.2 Å². The highest BCUT2D eigenvalue weighted by Gasteiger charge is 2.08. The predicted molar refractivity (Wildman–Crippen MR) is 73.0 cm³/mol. The van der Waals surface area contributed by atoms with Gasteiger partial charge in [-0.15, -0.1) is 0 Å². The van der Waals surface area contributed by atoms with Crippen LogP contribution in [0.1, 0.15) is 56.8 Å². The summed E-state index contributed by atoms with van der Waals surface area (Å²) in [6.07, 6.45) is 6.39. The summed E-state index contributed by atoms with van der Waals surface area (Å²) >= 11 is 0. The molecule has 1 aromatic rings. The first-order valence-corrected chi connectivity index (χ1v) is 6.77. The zero-order chi connectivity index (χ0) is 13.4. The van der Waals surface area contributed by atoms with E-state index in [4.69, 9.17) is 4.74 Å². The average Bonchev–Trinajstić information content (AvgIpc) is 2.39. The molecule has 0 saturated carbocycles. The van der Waals surface area contributed by atoms with E-state index in [1.807, 2.05) is 0 Å². The van der Waals surface area contributed by atoms with Gasteiger partial charge in [-0.3, -0.25) is 4.79 Å². The quantitative estimate of drug-likeness (QED) is 0.656. The average molecular weight is 249 g/mol. The molecular weight excluding hydrogens is 226 g/mol. The lowest BCUT2D eigenvalue weighted by Crippen LogP contribution is -2.12. The number of hydrogen-bond donors (Lipinski definition) is 0. The van der Waals surface area contributed by atoms with Crippen molar-refractivity contribution in [3.8, 4) is 5.88 Å². The molecule has 0 aliphatic heterocycles. The van der Waals surface area contributed by atoms with Gasteiger partial charge in [0.05, 0.1) is 6.61 Å². The molecule has 1 unspecified atom stereocenters. The monoisotopic (exact) mass is 249 g/mol. The van der Waals surface area contributed by atoms with Gasteiger partial charge in [0.1, 0.15) is 0 Å². The summed E-state index contributed by atoms with van der Waals surface area (Å²) in [7, 11) is 0. The standard InChI is InChI=1S/C15H23NO2/c1-4-6-7-13(5-2)11-18-15-10-14(12(3)17)8-9-16-15/h8-10,13H,4-7,11H2,1-3H3. The first kappa shape index (κ1) is 14.7. The van der Waals surface area contributed by atoms with E-state index in [9.17, 15) is 4.79 Å². The first-order valence-electron chi connectivity index (χ1n) is 6.77. The number of ketones is 1. The Morgan fingerprint density at radius 2 is 2.22 bits per heavy atom. The molecule has 0 spiro atoms. The molecule has 3 nitrogen and oxygen atoms in total. The number of hydrogen-bond acceptors (Lipinski definition) is 3. The number of pyridine rings is 1. The molecule has 100 valence electrons. The second kappa shape index (κ2) is 7.85. The van der Waals surface area contributed by atoms with Crippen LogP contribution in [-0.2, 0) is 0 Å². The maximum absolute atomic E-state index is 11.2. The van der Waals surface area contributed by atoms with Gasteiger partial charge in [0, 0.05) is 17.8 Å². The van der Waals surface area contributed by atoms with E-state index in [0.29, 0.717) is 24.0 Å². The summed E-state index contributed by atoms with van der Waals surface area (Å²) in [4.78, 5) is 15.4. The number of aromatic nitrogens is 1. The minimum atomic E-state index is 0.0419. The van der Waals surface area contributed by atoms with Gasteiger partial charge in [0.2, 0.25) is 5.88 Å². The lowest BCUT2D eigenvalue weighted by molar-refractivity contribution is 0.101. The normalized spacial score (nSPS) is 12.2. The largest absolute Gasteiger partial charge is 0.477 e. The summed E-state index contributed by atoms with van der Waals surface area (Å²) in [6, 6.07) is 3.43. The van der Waals surface area contributed by atoms with Gasteiger partial charge in [-0.1, -0.05) is 33.1 Å². The summed E-state index contributed by atoms with van der Waals surface area (Å²) in [5.74, 6) is 1.17. The van der Waals surface area contributed by atoms with Crippen molar-refractivity contribution in [1.29, 1.82) is 0 Å². The highest BCUT2D eigenvalue weighted by atomic mass is 16.5. The van der Waals surface area contributed by atoms with E-state index < -0.39 is 0 Å². The number of rotatable bonds is 8. The number of unbranched alkanes of at least 4 members (excludes halogenated alkanes) is 1. The van der Waals surface area contributed by atoms with Crippen molar-refractivity contribution in [1.82, 2.24) is 4.98 Å². The predicted octanol–water partition coefficient (Wildman–Crippen LogP) is 3.88. The van der Waals surface area contributed by atoms with E-state index in [1.165, 1.54) is 19.3 Å². The van der Waals surface area contributed by atoms with Crippen LogP contribution >= 0.6 is 0 Å². The Hall–Kier alpha value is -1.38. The molecule has 0 aliphatic rings. The third-order valence-electron chi connectivity index (χ3n) is 3.15. The second-order valence-electron chi connectivity index (χ2n) is 4.67. The number of Topliss-reactive ketones (excluding diaryl/α,β-unsaturated/α-hetero) is 1. The van der Waals surface area contributed by atoms with E-state index >= 15 is 0 Å². The molecular formula is C15H23NO2. The minimum Gasteiger partial charge on any atom is -0.477 e. The van der Waals surface area contributed by atoms with Crippen LogP contribution in [0, 0.1) is 5.92 Å². The molecule has 18 heavy (non-hydrogen) atoms. The molecule has 1 heterocycles. The van der Waals surface area contributed by atoms with Crippen molar-refractivity contribution in [2.75, 3.05) is 6.61 Å². The van der Waals surface area contributed by atoms with Gasteiger partial charge < -0.3 is 4.74 Å². The maximum atomic E-state index is 11.2. The highest BCUT2D eigenvalue weighted by Crippen LogP contribution is 2.16. The summed E-state index contributed by atoms with van der Waals surface area (Å²) < 4.78 is 5.68. The van der Waals surface area contributed by atoms with E-state index in [1.54, 1.807) is 25.3 Å². The SMILES string of the molecule is CCCCC(CC)COc1cc(C(C)=O)ccn1. The van der Waals surface area contributed by atoms with Gasteiger partial charge in [-0.05, 0) is 25.3 Å². The maximum Gasteiger partial charge on any atom is 0.213 e. The van der Waals surface area contributed by atoms with Crippen LogP contribution in [0.5, 0.6) is 5.88 Å². The van der Waals surface area contributed by atoms with Gasteiger partial charge in [-0.25, -0.2) is 4.98 Å². The highest BCUT2D eigenvalue weighted by molar-refractivity contribution is 5.94. The molecule has 1 atom stereocenters. The zero-order valence-corrected chi connectivity index (χ0v) is 11.6. The van der Waals surface area contributed by atoms with Crippen molar-refractivity contribution in [3.63, 3.8) is 0 Å². The van der Waals surface area contributed by atoms with Crippen molar-refractivity contribution >= 4 is 5.78 Å². The Labute approximate surface area is 110 Å². The number of nitrogens with zero attached hydrogens (tertiary/aromatic N) is 1. The molecule has 1 rings (SSSR count). The molecule has 0 aliphatic carbocycles. The van der Waals surface area contributed by atoms with E-state index in [2.05, 4.69) is 18.8 Å². The van der Waals surface area contributed by atoms with Crippen molar-refractivity contribution in [2.24, 2.45) is 5.92 Å². The molecule has 0 amide bonds. The number of ether oxygens (including phenoxy) is 1. The Kier molecular flexibility index (Phi) is 6.40. The van der Waals surface area contributed by atoms with Crippen LogP contribution < -0.4 is 4.74 Å². The van der Waals surface area contributed by atoms with Gasteiger partial charge in [0.15, 0.2) is 5.78 Å². The molecule has 1 aromatic heterocycles. The molecule has 3 heteroatoms. The third-order valence-corrected chi connectivity index (χ3v) is 3.15. The van der Waals surface area contributed by atoms with Crippen LogP contribution in [0.15, 0.2) is 18.3 Å². The van der Waals surface area contributed by atoms with Gasteiger partial charge >= 0.3 is 0 Å². The van der Waals surface area contributed by atoms with Crippen LogP contribution in [0.2, 0.25) is 0 Å². The third kappa shape index (κ3) is 4.86. The fraction of sp³-hybridized carbons (Fsp3) is 0.600. The Bertz CT molecular complexity index is 377. The van der Waals surface area contributed by atoms with Gasteiger partial charge in [-0.2, -0.15) is 0 Å². The van der Waals surface area contributed by atoms with Crippen LogP contribution in [0.25, 0.3) is 0 Å². The summed E-state index contributed by atoms with van der Waals surface area (Å²) in [6.45, 7) is 6.62. The van der Waals surface area contributed by atoms with Crippen LogP contribution in [0.4, 0.5) is 0 Å². The Morgan fingerprint density at radius 3 is 2.83 bits per heavy atom. The van der Waals surface area contributed by atoms with Crippen molar-refractivity contribution in [2.45, 2.75) is 46.5 Å². The van der Waals surface area contributed by atoms with Crippen LogP contribution in [0.3, 0.4) is 0 Å². The molecule has 0 bridgehead atoms. The Balaban J connectivity index is 2.51. The second-order valence-corrected chi connectivity index (χ2v) is 4.67. The van der Waals surface area contributed by atoms with Gasteiger partial charge in [0.25, 0.3) is 0 Å². The minimum absolute atomic E-state index is 0.0419. The molecule has 0 N–H and O–H groups in total. The molecule has 0 saturated heterocycles. The summed E-state index contributed by atoms with van der Waals surface area (Å²) in [5.41, 5.74) is 0.654. The lowest BCUT2D eigenvalue weighted by atomic mass is 10.0. The van der Waals surface area contributed by atoms with Crippen LogP contribution in [-0.4, -0.2) is 17.4 Å². The van der Waals surface area contributed by atoms with Crippen molar-refractivity contribution < 1.29 is 9.53 Å². The zero-order valence-electron chi connectivity index (χ0n) is 11.6. The van der Waals surface area contributed by atoms with Crippen molar-refractivity contribution in [3.05, 3.63) is 23.9 Å². The first-order chi connectivity index (χ1) is 8.67. The fourth-order valence-electron chi connectivity index (χ4n) is 1.81. The summed E-state index contributed by atoms with van der Waals surface area (Å²) in [5, 5.41) is 0. The number of carbonyl (C=O) groups excluding carboxylic acids is 1. The van der Waals surface area contributed by atoms with E-state index in [-0.39, 0.29) is 5.78 Å². The Morgan fingerprint density at radius 1 is 1.44 bits per heavy atom. The molecule has 0 aromatic carbocycles. The lowest BCUT2D eigenvalue weighted by Gasteiger charge is -2.15. The number of carbonyl (C=O) groups is 1.